The van der Waals surface area contributed by atoms with Gasteiger partial charge < -0.3 is 5.11 Å². The first-order valence-electron chi connectivity index (χ1n) is 6.65. The zero-order valence-corrected chi connectivity index (χ0v) is 12.7. The Morgan fingerprint density at radius 1 is 1.21 bits per heavy atom. The Labute approximate surface area is 137 Å². The minimum Gasteiger partial charge on any atom is -0.377 e. The SMILES string of the molecule is OC(Cn1cnnn1)(c1ccc(F)cc1F)C(F)(F)c1cccs1. The third kappa shape index (κ3) is 2.67. The molecule has 0 fully saturated rings. The van der Waals surface area contributed by atoms with Crippen LogP contribution in [-0.2, 0) is 18.1 Å². The predicted octanol–water partition coefficient (Wildman–Crippen LogP) is 2.69. The number of nitrogens with zero attached hydrogens (tertiary/aromatic N) is 4. The number of hydrogen-bond donors (Lipinski definition) is 1. The number of hydrogen-bond acceptors (Lipinski definition) is 5. The van der Waals surface area contributed by atoms with Gasteiger partial charge in [0.15, 0.2) is 5.60 Å². The number of thiophene rings is 1. The molecule has 0 radical (unpaired) electrons. The van der Waals surface area contributed by atoms with Gasteiger partial charge in [0, 0.05) is 11.6 Å². The molecular formula is C14H10F4N4OS. The molecule has 1 atom stereocenters. The molecule has 0 aliphatic heterocycles. The summed E-state index contributed by atoms with van der Waals surface area (Å²) >= 11 is 0.706. The number of rotatable bonds is 5. The second-order valence-corrected chi connectivity index (χ2v) is 5.99. The van der Waals surface area contributed by atoms with Crippen molar-refractivity contribution in [2.24, 2.45) is 0 Å². The maximum absolute atomic E-state index is 15.0. The number of aliphatic hydroxyl groups is 1. The lowest BCUT2D eigenvalue weighted by Crippen LogP contribution is -2.47. The van der Waals surface area contributed by atoms with E-state index in [0.717, 1.165) is 29.2 Å². The third-order valence-corrected chi connectivity index (χ3v) is 4.45. The largest absolute Gasteiger partial charge is 0.377 e. The summed E-state index contributed by atoms with van der Waals surface area (Å²) in [4.78, 5) is -0.471. The van der Waals surface area contributed by atoms with Gasteiger partial charge in [-0.1, -0.05) is 6.07 Å². The Balaban J connectivity index is 2.17. The molecule has 2 heterocycles. The molecule has 1 N–H and O–H groups in total. The van der Waals surface area contributed by atoms with Gasteiger partial charge in [-0.2, -0.15) is 8.78 Å². The van der Waals surface area contributed by atoms with Gasteiger partial charge >= 0.3 is 5.92 Å². The summed E-state index contributed by atoms with van der Waals surface area (Å²) in [6, 6.07) is 4.53. The van der Waals surface area contributed by atoms with Crippen LogP contribution < -0.4 is 0 Å². The van der Waals surface area contributed by atoms with Gasteiger partial charge in [0.25, 0.3) is 0 Å². The first kappa shape index (κ1) is 16.5. The predicted molar refractivity (Wildman–Crippen MR) is 76.3 cm³/mol. The monoisotopic (exact) mass is 358 g/mol. The molecular weight excluding hydrogens is 348 g/mol. The summed E-state index contributed by atoms with van der Waals surface area (Å²) in [6.45, 7) is -0.826. The maximum Gasteiger partial charge on any atom is 0.316 e. The van der Waals surface area contributed by atoms with Crippen LogP contribution in [0.15, 0.2) is 42.0 Å². The maximum atomic E-state index is 15.0. The van der Waals surface area contributed by atoms with Gasteiger partial charge in [-0.05, 0) is 34.0 Å². The summed E-state index contributed by atoms with van der Waals surface area (Å²) in [5, 5.41) is 22.3. The molecule has 0 bridgehead atoms. The van der Waals surface area contributed by atoms with Crippen molar-refractivity contribution in [3.63, 3.8) is 0 Å². The molecule has 10 heteroatoms. The Hall–Kier alpha value is -2.33. The molecule has 3 rings (SSSR count). The lowest BCUT2D eigenvalue weighted by molar-refractivity contribution is -0.203. The number of halogens is 4. The Morgan fingerprint density at radius 3 is 2.58 bits per heavy atom. The summed E-state index contributed by atoms with van der Waals surface area (Å²) in [5.74, 6) is -6.10. The van der Waals surface area contributed by atoms with Gasteiger partial charge in [-0.15, -0.1) is 16.4 Å². The van der Waals surface area contributed by atoms with Gasteiger partial charge in [0.05, 0.1) is 11.4 Å². The molecule has 3 aromatic rings. The highest BCUT2D eigenvalue weighted by atomic mass is 32.1. The van der Waals surface area contributed by atoms with E-state index >= 15 is 8.78 Å². The molecule has 0 amide bonds. The van der Waals surface area contributed by atoms with E-state index in [9.17, 15) is 13.9 Å². The van der Waals surface area contributed by atoms with E-state index in [2.05, 4.69) is 15.5 Å². The van der Waals surface area contributed by atoms with Crippen molar-refractivity contribution in [3.05, 3.63) is 64.1 Å². The quantitative estimate of drug-likeness (QED) is 0.713. The number of tetrazole rings is 1. The second-order valence-electron chi connectivity index (χ2n) is 5.04. The van der Waals surface area contributed by atoms with Crippen LogP contribution in [0.1, 0.15) is 10.4 Å². The summed E-state index contributed by atoms with van der Waals surface area (Å²) in [5.41, 5.74) is -3.77. The number of aromatic nitrogens is 4. The van der Waals surface area contributed by atoms with Gasteiger partial charge in [-0.3, -0.25) is 0 Å². The van der Waals surface area contributed by atoms with Crippen LogP contribution in [-0.4, -0.2) is 25.3 Å². The van der Waals surface area contributed by atoms with E-state index in [1.807, 2.05) is 0 Å². The van der Waals surface area contributed by atoms with Crippen LogP contribution in [0.25, 0.3) is 0 Å². The van der Waals surface area contributed by atoms with Crippen LogP contribution in [0, 0.1) is 11.6 Å². The molecule has 0 aliphatic carbocycles. The Kier molecular flexibility index (Phi) is 4.10. The average molecular weight is 358 g/mol. The molecule has 1 unspecified atom stereocenters. The fourth-order valence-electron chi connectivity index (χ4n) is 2.33. The zero-order chi connectivity index (χ0) is 17.4. The fourth-order valence-corrected chi connectivity index (χ4v) is 3.10. The van der Waals surface area contributed by atoms with E-state index in [1.54, 1.807) is 0 Å². The van der Waals surface area contributed by atoms with E-state index in [0.29, 0.717) is 17.4 Å². The summed E-state index contributed by atoms with van der Waals surface area (Å²) in [7, 11) is 0. The number of benzene rings is 1. The summed E-state index contributed by atoms with van der Waals surface area (Å²) in [6.07, 6.45) is 1.01. The van der Waals surface area contributed by atoms with Crippen molar-refractivity contribution in [3.8, 4) is 0 Å². The smallest absolute Gasteiger partial charge is 0.316 e. The number of alkyl halides is 2. The van der Waals surface area contributed by atoms with Crippen LogP contribution in [0.4, 0.5) is 17.6 Å². The molecule has 0 aliphatic rings. The lowest BCUT2D eigenvalue weighted by Gasteiger charge is -2.35. The first-order chi connectivity index (χ1) is 11.3. The van der Waals surface area contributed by atoms with Crippen molar-refractivity contribution in [1.82, 2.24) is 20.2 Å². The average Bonchev–Trinajstić information content (AvgIpc) is 3.20. The van der Waals surface area contributed by atoms with Crippen molar-refractivity contribution >= 4 is 11.3 Å². The topological polar surface area (TPSA) is 63.8 Å². The van der Waals surface area contributed by atoms with Gasteiger partial charge in [0.1, 0.15) is 18.0 Å². The molecule has 0 spiro atoms. The van der Waals surface area contributed by atoms with Gasteiger partial charge in [-0.25, -0.2) is 13.5 Å². The Morgan fingerprint density at radius 2 is 2.00 bits per heavy atom. The lowest BCUT2D eigenvalue weighted by atomic mass is 9.85. The second kappa shape index (κ2) is 5.95. The van der Waals surface area contributed by atoms with Gasteiger partial charge in [0.2, 0.25) is 0 Å². The fraction of sp³-hybridized carbons (Fsp3) is 0.214. The standard InChI is InChI=1S/C14H10F4N4OS/c15-9-3-4-10(11(16)6-9)13(23,7-22-8-19-20-21-22)14(17,18)12-2-1-5-24-12/h1-6,8,23H,7H2. The zero-order valence-electron chi connectivity index (χ0n) is 11.9. The van der Waals surface area contributed by atoms with E-state index < -0.39 is 40.1 Å². The highest BCUT2D eigenvalue weighted by Crippen LogP contribution is 2.48. The normalized spacial score (nSPS) is 14.5. The Bertz CT molecular complexity index is 825. The molecule has 2 aromatic heterocycles. The highest BCUT2D eigenvalue weighted by Gasteiger charge is 2.57. The van der Waals surface area contributed by atoms with Crippen LogP contribution in [0.3, 0.4) is 0 Å². The minimum atomic E-state index is -3.87. The molecule has 126 valence electrons. The first-order valence-corrected chi connectivity index (χ1v) is 7.53. The van der Waals surface area contributed by atoms with Crippen LogP contribution >= 0.6 is 11.3 Å². The molecule has 0 saturated carbocycles. The molecule has 0 saturated heterocycles. The highest BCUT2D eigenvalue weighted by molar-refractivity contribution is 7.10. The van der Waals surface area contributed by atoms with E-state index in [-0.39, 0.29) is 0 Å². The van der Waals surface area contributed by atoms with Crippen molar-refractivity contribution in [2.45, 2.75) is 18.1 Å². The van der Waals surface area contributed by atoms with E-state index in [1.165, 1.54) is 11.4 Å². The van der Waals surface area contributed by atoms with Crippen molar-refractivity contribution < 1.29 is 22.7 Å². The van der Waals surface area contributed by atoms with Crippen LogP contribution in [0.5, 0.6) is 0 Å². The molecule has 24 heavy (non-hydrogen) atoms. The third-order valence-electron chi connectivity index (χ3n) is 3.51. The molecule has 1 aromatic carbocycles. The van der Waals surface area contributed by atoms with Crippen LogP contribution in [0.2, 0.25) is 0 Å². The molecule has 5 nitrogen and oxygen atoms in total. The minimum absolute atomic E-state index is 0.435. The van der Waals surface area contributed by atoms with Crippen molar-refractivity contribution in [2.75, 3.05) is 0 Å². The van der Waals surface area contributed by atoms with E-state index in [4.69, 9.17) is 0 Å². The van der Waals surface area contributed by atoms with Crippen molar-refractivity contribution in [1.29, 1.82) is 0 Å². The summed E-state index contributed by atoms with van der Waals surface area (Å²) < 4.78 is 58.2.